The Balaban J connectivity index is 1.69. The van der Waals surface area contributed by atoms with E-state index in [0.717, 1.165) is 0 Å². The van der Waals surface area contributed by atoms with Gasteiger partial charge < -0.3 is 100 Å². The average Bonchev–Trinajstić information content (AvgIpc) is 3.39. The molecule has 442 valence electrons. The van der Waals surface area contributed by atoms with Crippen molar-refractivity contribution in [3.05, 3.63) is 0 Å². The molecule has 0 aromatic heterocycles. The van der Waals surface area contributed by atoms with Gasteiger partial charge in [0.25, 0.3) is 0 Å². The highest BCUT2D eigenvalue weighted by Gasteiger charge is 2.45. The van der Waals surface area contributed by atoms with Crippen LogP contribution in [0.15, 0.2) is 0 Å². The van der Waals surface area contributed by atoms with Crippen LogP contribution in [0.4, 0.5) is 0 Å². The lowest BCUT2D eigenvalue weighted by atomic mass is 9.82. The number of hydrogen-bond acceptors (Lipinski definition) is 21. The summed E-state index contributed by atoms with van der Waals surface area (Å²) in [6.07, 6.45) is -11.8. The van der Waals surface area contributed by atoms with E-state index >= 15 is 0 Å². The third-order valence-electron chi connectivity index (χ3n) is 14.1. The molecule has 3 heterocycles. The predicted molar refractivity (Wildman–Crippen MR) is 269 cm³/mol. The first kappa shape index (κ1) is 67.2. The highest BCUT2D eigenvalue weighted by molar-refractivity contribution is 5.81. The van der Waals surface area contributed by atoms with Crippen LogP contribution < -0.4 is 21.3 Å². The van der Waals surface area contributed by atoms with E-state index < -0.39 is 135 Å². The summed E-state index contributed by atoms with van der Waals surface area (Å²) in [6, 6.07) is 0. The van der Waals surface area contributed by atoms with Gasteiger partial charge in [-0.25, -0.2) is 0 Å². The summed E-state index contributed by atoms with van der Waals surface area (Å²) in [4.78, 5) is 66.9. The van der Waals surface area contributed by atoms with Crippen LogP contribution in [0.2, 0.25) is 0 Å². The average molecular weight is 1100 g/mol. The van der Waals surface area contributed by atoms with Gasteiger partial charge in [0.15, 0.2) is 18.9 Å². The molecule has 15 atom stereocenters. The minimum absolute atomic E-state index is 0.0137. The van der Waals surface area contributed by atoms with Crippen LogP contribution in [-0.2, 0) is 57.1 Å². The lowest BCUT2D eigenvalue weighted by molar-refractivity contribution is -0.282. The summed E-state index contributed by atoms with van der Waals surface area (Å²) in [7, 11) is 0. The quantitative estimate of drug-likeness (QED) is 0.0297. The molecule has 76 heavy (non-hydrogen) atoms. The lowest BCUT2D eigenvalue weighted by Crippen LogP contribution is -2.55. The molecule has 25 heteroatoms. The van der Waals surface area contributed by atoms with E-state index in [4.69, 9.17) is 33.2 Å². The van der Waals surface area contributed by atoms with E-state index in [1.54, 1.807) is 20.8 Å². The normalized spacial score (nSPS) is 30.6. The molecule has 3 saturated heterocycles. The molecule has 0 bridgehead atoms. The number of amides is 4. The maximum absolute atomic E-state index is 13.8. The van der Waals surface area contributed by atoms with Crippen molar-refractivity contribution in [2.75, 3.05) is 65.9 Å². The van der Waals surface area contributed by atoms with Crippen LogP contribution in [0.5, 0.6) is 0 Å². The molecule has 3 rings (SSSR count). The minimum Gasteiger partial charge on any atom is -0.394 e. The summed E-state index contributed by atoms with van der Waals surface area (Å²) in [6.45, 7) is 8.59. The van der Waals surface area contributed by atoms with Gasteiger partial charge in [0.1, 0.15) is 42.4 Å². The topological polar surface area (TPSA) is 380 Å². The summed E-state index contributed by atoms with van der Waals surface area (Å²) >= 11 is 0. The molecule has 0 aromatic carbocycles. The van der Waals surface area contributed by atoms with Crippen LogP contribution in [0.25, 0.3) is 0 Å². The number of carbonyl (C=O) groups is 5. The highest BCUT2D eigenvalue weighted by atomic mass is 16.7. The Morgan fingerprint density at radius 3 is 1.21 bits per heavy atom. The number of ketones is 1. The lowest BCUT2D eigenvalue weighted by Gasteiger charge is -2.40. The fourth-order valence-electron chi connectivity index (χ4n) is 9.12. The van der Waals surface area contributed by atoms with Crippen LogP contribution in [0.3, 0.4) is 0 Å². The van der Waals surface area contributed by atoms with E-state index in [2.05, 4.69) is 21.3 Å². The van der Waals surface area contributed by atoms with Crippen molar-refractivity contribution in [3.63, 3.8) is 0 Å². The first-order valence-electron chi connectivity index (χ1n) is 27.1. The number of aliphatic hydroxyl groups excluding tert-OH is 9. The second-order valence-corrected chi connectivity index (χ2v) is 20.7. The van der Waals surface area contributed by atoms with E-state index in [9.17, 15) is 69.9 Å². The second kappa shape index (κ2) is 35.5. The third-order valence-corrected chi connectivity index (χ3v) is 14.1. The maximum atomic E-state index is 13.8. The number of Topliss-reactive ketones (excluding diaryl/α,β-unsaturated/α-hetero) is 1. The third kappa shape index (κ3) is 22.9. The molecule has 25 nitrogen and oxygen atoms in total. The van der Waals surface area contributed by atoms with Crippen LogP contribution >= 0.6 is 0 Å². The van der Waals surface area contributed by atoms with Crippen LogP contribution in [-0.4, -0.2) is 227 Å². The standard InChI is InChI=1S/C51H92N4O21/c1-30(2)70-24-8-20-52-38(60)12-6-13-41(63)55-51(17-14-34(59)11-7-23-71-48-31(3)42(64)45(67)35(27-56)74-48,18-15-39(61)53-21-9-25-72-49-32(4)43(65)46(68)36(28-57)75-49)19-16-40(62)54-22-10-26-73-50-33(5)44(66)47(69)37(29-58)76-50/h30-33,35-37,42-50,56-58,64-69H,6-29H2,1-5H3,(H,52,60)(H,53,61)(H,54,62)(H,55,63)/t31?,32?,33?,35?,36?,37?,42-,43-,44-,45+,46+,47+,48-,49-,50-,51?/m1/s1. The maximum Gasteiger partial charge on any atom is 0.220 e. The molecule has 0 aliphatic carbocycles. The molecule has 3 fully saturated rings. The molecule has 6 unspecified atom stereocenters. The van der Waals surface area contributed by atoms with Gasteiger partial charge in [0.2, 0.25) is 23.6 Å². The van der Waals surface area contributed by atoms with Crippen molar-refractivity contribution in [2.45, 2.75) is 210 Å². The number of aliphatic hydroxyl groups is 9. The van der Waals surface area contributed by atoms with Crippen molar-refractivity contribution in [1.29, 1.82) is 0 Å². The Kier molecular flexibility index (Phi) is 31.4. The van der Waals surface area contributed by atoms with Gasteiger partial charge >= 0.3 is 0 Å². The summed E-state index contributed by atoms with van der Waals surface area (Å²) in [5, 5.41) is 102. The first-order valence-corrected chi connectivity index (χ1v) is 27.1. The number of rotatable bonds is 37. The Labute approximate surface area is 446 Å². The van der Waals surface area contributed by atoms with E-state index in [1.807, 2.05) is 13.8 Å². The number of nitrogens with one attached hydrogen (secondary N) is 4. The Bertz CT molecular complexity index is 1630. The second-order valence-electron chi connectivity index (χ2n) is 20.7. The minimum atomic E-state index is -1.30. The molecule has 0 saturated carbocycles. The summed E-state index contributed by atoms with van der Waals surface area (Å²) in [5.74, 6) is -3.53. The number of hydrogen-bond donors (Lipinski definition) is 13. The Morgan fingerprint density at radius 1 is 0.461 bits per heavy atom. The summed E-state index contributed by atoms with van der Waals surface area (Å²) in [5.41, 5.74) is -1.27. The van der Waals surface area contributed by atoms with Gasteiger partial charge in [-0.05, 0) is 65.2 Å². The van der Waals surface area contributed by atoms with Gasteiger partial charge in [-0.2, -0.15) is 0 Å². The molecule has 0 radical (unpaired) electrons. The SMILES string of the molecule is CC(C)OCCCNC(=O)CCCC(=O)NC(CCC(=O)CCCO[C@@H]1OC(CO)[C@H](O)[C@H](O)C1C)(CCC(=O)NCCCO[C@@H]1OC(CO)[C@H](O)[C@H](O)C1C)CCC(=O)NCCCO[C@@H]1OC(CO)[C@H](O)[C@H](O)C1C. The van der Waals surface area contributed by atoms with Gasteiger partial charge in [-0.3, -0.25) is 24.0 Å². The smallest absolute Gasteiger partial charge is 0.220 e. The largest absolute Gasteiger partial charge is 0.394 e. The van der Waals surface area contributed by atoms with E-state index in [0.29, 0.717) is 32.4 Å². The predicted octanol–water partition coefficient (Wildman–Crippen LogP) is -2.08. The molecular formula is C51H92N4O21. The molecular weight excluding hydrogens is 1000 g/mol. The molecule has 13 N–H and O–H groups in total. The molecule has 3 aliphatic heterocycles. The zero-order valence-corrected chi connectivity index (χ0v) is 45.1. The zero-order valence-electron chi connectivity index (χ0n) is 45.1. The monoisotopic (exact) mass is 1100 g/mol. The first-order chi connectivity index (χ1) is 36.2. The van der Waals surface area contributed by atoms with Gasteiger partial charge in [0.05, 0.1) is 64.1 Å². The zero-order chi connectivity index (χ0) is 56.4. The van der Waals surface area contributed by atoms with Crippen molar-refractivity contribution in [2.24, 2.45) is 17.8 Å². The Morgan fingerprint density at radius 2 is 0.816 bits per heavy atom. The van der Waals surface area contributed by atoms with E-state index in [1.165, 1.54) is 0 Å². The van der Waals surface area contributed by atoms with Gasteiger partial charge in [0, 0.05) is 88.1 Å². The molecule has 4 amide bonds. The van der Waals surface area contributed by atoms with Crippen LogP contribution in [0, 0.1) is 17.8 Å². The number of carbonyl (C=O) groups excluding carboxylic acids is 5. The highest BCUT2D eigenvalue weighted by Crippen LogP contribution is 2.31. The molecule has 3 aliphatic rings. The van der Waals surface area contributed by atoms with Gasteiger partial charge in [-0.15, -0.1) is 0 Å². The van der Waals surface area contributed by atoms with Crippen LogP contribution in [0.1, 0.15) is 125 Å². The fourth-order valence-corrected chi connectivity index (χ4v) is 9.12. The molecule has 0 spiro atoms. The van der Waals surface area contributed by atoms with Crippen molar-refractivity contribution in [3.8, 4) is 0 Å². The van der Waals surface area contributed by atoms with Crippen molar-refractivity contribution >= 4 is 29.4 Å². The number of ether oxygens (including phenoxy) is 7. The Hall–Kier alpha value is -3.09. The van der Waals surface area contributed by atoms with Gasteiger partial charge in [-0.1, -0.05) is 20.8 Å². The van der Waals surface area contributed by atoms with Crippen molar-refractivity contribution < 1.29 is 103 Å². The fraction of sp³-hybridized carbons (Fsp3) is 0.902. The van der Waals surface area contributed by atoms with E-state index in [-0.39, 0.29) is 121 Å². The molecule has 0 aromatic rings. The summed E-state index contributed by atoms with van der Waals surface area (Å²) < 4.78 is 39.7. The van der Waals surface area contributed by atoms with Crippen molar-refractivity contribution in [1.82, 2.24) is 21.3 Å².